The van der Waals surface area contributed by atoms with E-state index in [1.54, 1.807) is 0 Å². The predicted octanol–water partition coefficient (Wildman–Crippen LogP) is 3.14. The van der Waals surface area contributed by atoms with Gasteiger partial charge in [0.25, 0.3) is 0 Å². The third-order valence-corrected chi connectivity index (χ3v) is 5.52. The number of hydrogen-bond donors (Lipinski definition) is 1. The van der Waals surface area contributed by atoms with Crippen molar-refractivity contribution in [3.05, 3.63) is 28.2 Å². The lowest BCUT2D eigenvalue weighted by atomic mass is 10.2. The molecule has 100 valence electrons. The number of benzene rings is 1. The number of aryl methyl sites for hydroxylation is 1. The highest BCUT2D eigenvalue weighted by Crippen LogP contribution is 2.29. The topological polar surface area (TPSA) is 46.2 Å². The Balaban J connectivity index is 2.18. The van der Waals surface area contributed by atoms with Gasteiger partial charge in [0.05, 0.1) is 5.25 Å². The van der Waals surface area contributed by atoms with E-state index in [4.69, 9.17) is 0 Å². The van der Waals surface area contributed by atoms with E-state index in [0.717, 1.165) is 35.0 Å². The SMILES string of the molecule is Cc1cc(Br)cc(NC2CCCC2S(C)(=O)=O)c1. The van der Waals surface area contributed by atoms with Crippen LogP contribution in [0.15, 0.2) is 22.7 Å². The van der Waals surface area contributed by atoms with Crippen molar-refractivity contribution in [2.45, 2.75) is 37.5 Å². The molecule has 3 nitrogen and oxygen atoms in total. The van der Waals surface area contributed by atoms with E-state index in [2.05, 4.69) is 21.2 Å². The Kier molecular flexibility index (Phi) is 4.02. The highest BCUT2D eigenvalue weighted by Gasteiger charge is 2.34. The molecule has 0 bridgehead atoms. The molecule has 1 aromatic rings. The van der Waals surface area contributed by atoms with Crippen LogP contribution in [0.5, 0.6) is 0 Å². The maximum absolute atomic E-state index is 11.7. The monoisotopic (exact) mass is 331 g/mol. The smallest absolute Gasteiger partial charge is 0.152 e. The molecular weight excluding hydrogens is 314 g/mol. The first-order valence-corrected chi connectivity index (χ1v) is 8.83. The van der Waals surface area contributed by atoms with Crippen molar-refractivity contribution in [1.29, 1.82) is 0 Å². The zero-order valence-corrected chi connectivity index (χ0v) is 13.0. The maximum atomic E-state index is 11.7. The summed E-state index contributed by atoms with van der Waals surface area (Å²) in [6, 6.07) is 6.11. The van der Waals surface area contributed by atoms with Crippen LogP contribution in [0, 0.1) is 6.92 Å². The van der Waals surface area contributed by atoms with Gasteiger partial charge in [0, 0.05) is 22.5 Å². The first-order chi connectivity index (χ1) is 8.36. The Morgan fingerprint density at radius 2 is 2.00 bits per heavy atom. The fourth-order valence-corrected chi connectivity index (χ4v) is 4.64. The number of rotatable bonds is 3. The fraction of sp³-hybridized carbons (Fsp3) is 0.538. The zero-order valence-electron chi connectivity index (χ0n) is 10.6. The Morgan fingerprint density at radius 3 is 2.61 bits per heavy atom. The Labute approximate surface area is 117 Å². The minimum absolute atomic E-state index is 0.0358. The minimum Gasteiger partial charge on any atom is -0.381 e. The number of hydrogen-bond acceptors (Lipinski definition) is 3. The average molecular weight is 332 g/mol. The molecule has 0 aliphatic heterocycles. The van der Waals surface area contributed by atoms with Gasteiger partial charge >= 0.3 is 0 Å². The molecule has 0 saturated heterocycles. The standard InChI is InChI=1S/C13H18BrNO2S/c1-9-6-10(14)8-11(7-9)15-12-4-3-5-13(12)18(2,16)17/h6-8,12-13,15H,3-5H2,1-2H3. The van der Waals surface area contributed by atoms with Crippen LogP contribution in [0.1, 0.15) is 24.8 Å². The van der Waals surface area contributed by atoms with Crippen molar-refractivity contribution < 1.29 is 8.42 Å². The number of halogens is 1. The molecule has 0 heterocycles. The third-order valence-electron chi connectivity index (χ3n) is 3.40. The maximum Gasteiger partial charge on any atom is 0.152 e. The molecule has 2 unspecified atom stereocenters. The van der Waals surface area contributed by atoms with E-state index in [-0.39, 0.29) is 11.3 Å². The summed E-state index contributed by atoms with van der Waals surface area (Å²) in [5.41, 5.74) is 2.14. The molecule has 1 fully saturated rings. The van der Waals surface area contributed by atoms with Crippen LogP contribution in [0.25, 0.3) is 0 Å². The van der Waals surface area contributed by atoms with Crippen LogP contribution >= 0.6 is 15.9 Å². The summed E-state index contributed by atoms with van der Waals surface area (Å²) in [4.78, 5) is 0. The quantitative estimate of drug-likeness (QED) is 0.925. The highest BCUT2D eigenvalue weighted by molar-refractivity contribution is 9.10. The second kappa shape index (κ2) is 5.21. The van der Waals surface area contributed by atoms with E-state index in [1.807, 2.05) is 25.1 Å². The van der Waals surface area contributed by atoms with Crippen molar-refractivity contribution in [2.24, 2.45) is 0 Å². The molecule has 0 amide bonds. The summed E-state index contributed by atoms with van der Waals surface area (Å²) in [6.45, 7) is 2.03. The molecule has 2 rings (SSSR count). The summed E-state index contributed by atoms with van der Waals surface area (Å²) >= 11 is 3.46. The number of anilines is 1. The van der Waals surface area contributed by atoms with Gasteiger partial charge in [-0.3, -0.25) is 0 Å². The predicted molar refractivity (Wildman–Crippen MR) is 78.8 cm³/mol. The zero-order chi connectivity index (χ0) is 13.3. The van der Waals surface area contributed by atoms with E-state index in [0.29, 0.717) is 0 Å². The van der Waals surface area contributed by atoms with Crippen LogP contribution in [0.4, 0.5) is 5.69 Å². The van der Waals surface area contributed by atoms with Crippen molar-refractivity contribution in [2.75, 3.05) is 11.6 Å². The minimum atomic E-state index is -2.97. The van der Waals surface area contributed by atoms with Crippen molar-refractivity contribution >= 4 is 31.5 Å². The van der Waals surface area contributed by atoms with Crippen LogP contribution in [-0.2, 0) is 9.84 Å². The Hall–Kier alpha value is -0.550. The lowest BCUT2D eigenvalue weighted by Gasteiger charge is -2.21. The molecule has 1 N–H and O–H groups in total. The molecule has 1 aromatic carbocycles. The molecule has 0 radical (unpaired) electrons. The molecule has 1 aliphatic rings. The van der Waals surface area contributed by atoms with Gasteiger partial charge in [0.2, 0.25) is 0 Å². The lowest BCUT2D eigenvalue weighted by Crippen LogP contribution is -2.34. The van der Waals surface area contributed by atoms with Gasteiger partial charge in [-0.1, -0.05) is 15.9 Å². The molecule has 1 saturated carbocycles. The summed E-state index contributed by atoms with van der Waals surface area (Å²) in [5, 5.41) is 3.12. The molecule has 0 spiro atoms. The van der Waals surface area contributed by atoms with Crippen LogP contribution < -0.4 is 5.32 Å². The van der Waals surface area contributed by atoms with Crippen LogP contribution in [0.3, 0.4) is 0 Å². The molecule has 2 atom stereocenters. The van der Waals surface area contributed by atoms with Crippen molar-refractivity contribution in [1.82, 2.24) is 0 Å². The fourth-order valence-electron chi connectivity index (χ4n) is 2.64. The van der Waals surface area contributed by atoms with E-state index in [9.17, 15) is 8.42 Å². The lowest BCUT2D eigenvalue weighted by molar-refractivity contribution is 0.579. The summed E-state index contributed by atoms with van der Waals surface area (Å²) in [6.07, 6.45) is 4.00. The molecule has 0 aromatic heterocycles. The normalized spacial score (nSPS) is 24.2. The second-order valence-corrected chi connectivity index (χ2v) is 8.25. The van der Waals surface area contributed by atoms with E-state index in [1.165, 1.54) is 6.26 Å². The van der Waals surface area contributed by atoms with Crippen molar-refractivity contribution in [3.8, 4) is 0 Å². The van der Waals surface area contributed by atoms with Gasteiger partial charge in [-0.25, -0.2) is 8.42 Å². The molecule has 1 aliphatic carbocycles. The molecular formula is C13H18BrNO2S. The van der Waals surface area contributed by atoms with Gasteiger partial charge in [0.1, 0.15) is 0 Å². The first kappa shape index (κ1) is 13.9. The average Bonchev–Trinajstić information content (AvgIpc) is 2.63. The molecule has 5 heteroatoms. The van der Waals surface area contributed by atoms with Gasteiger partial charge in [-0.05, 0) is 49.9 Å². The number of nitrogens with one attached hydrogen (secondary N) is 1. The summed E-state index contributed by atoms with van der Waals surface area (Å²) in [5.74, 6) is 0. The van der Waals surface area contributed by atoms with Gasteiger partial charge < -0.3 is 5.32 Å². The number of sulfone groups is 1. The van der Waals surface area contributed by atoms with Gasteiger partial charge in [0.15, 0.2) is 9.84 Å². The van der Waals surface area contributed by atoms with Gasteiger partial charge in [-0.2, -0.15) is 0 Å². The van der Waals surface area contributed by atoms with E-state index < -0.39 is 9.84 Å². The van der Waals surface area contributed by atoms with E-state index >= 15 is 0 Å². The largest absolute Gasteiger partial charge is 0.381 e. The first-order valence-electron chi connectivity index (χ1n) is 6.09. The van der Waals surface area contributed by atoms with Crippen LogP contribution in [0.2, 0.25) is 0 Å². The molecule has 18 heavy (non-hydrogen) atoms. The third kappa shape index (κ3) is 3.26. The Morgan fingerprint density at radius 1 is 1.28 bits per heavy atom. The van der Waals surface area contributed by atoms with Crippen LogP contribution in [-0.4, -0.2) is 26.0 Å². The Bertz CT molecular complexity index is 522. The summed E-state index contributed by atoms with van der Waals surface area (Å²) in [7, 11) is -2.97. The highest BCUT2D eigenvalue weighted by atomic mass is 79.9. The summed E-state index contributed by atoms with van der Waals surface area (Å²) < 4.78 is 24.5. The van der Waals surface area contributed by atoms with Crippen molar-refractivity contribution in [3.63, 3.8) is 0 Å². The second-order valence-electron chi connectivity index (χ2n) is 5.07. The van der Waals surface area contributed by atoms with Gasteiger partial charge in [-0.15, -0.1) is 0 Å².